The molecule has 0 bridgehead atoms. The van der Waals surface area contributed by atoms with Crippen LogP contribution in [0.4, 0.5) is 0 Å². The van der Waals surface area contributed by atoms with Crippen LogP contribution in [0.15, 0.2) is 24.3 Å². The fourth-order valence-corrected chi connectivity index (χ4v) is 1.10. The number of hydrogen-bond donors (Lipinski definition) is 2. The Balaban J connectivity index is 2.92. The molecule has 0 aliphatic rings. The SMILES string of the molecule is [2H]C([2H])([2H])OC([2H])([2H])C([2H])([2H])c1ccc(OCC([2H])(O)C([2H])([2H])NC(C)C([2H])([2H])[2H])cc1. The molecule has 0 amide bonds. The van der Waals surface area contributed by atoms with E-state index in [0.717, 1.165) is 24.3 Å². The molecule has 0 radical (unpaired) electrons. The number of aryl methyl sites for hydroxylation is 1. The largest absolute Gasteiger partial charge is 0.491 e. The topological polar surface area (TPSA) is 50.7 Å². The first-order valence-corrected chi connectivity index (χ1v) is 5.45. The molecule has 1 rings (SSSR count). The second kappa shape index (κ2) is 8.91. The molecule has 108 valence electrons. The van der Waals surface area contributed by atoms with Gasteiger partial charge in [-0.15, -0.1) is 0 Å². The van der Waals surface area contributed by atoms with E-state index in [1.807, 2.05) is 5.32 Å². The minimum atomic E-state index is -3.21. The summed E-state index contributed by atoms with van der Waals surface area (Å²) >= 11 is 0. The Morgan fingerprint density at radius 3 is 2.95 bits per heavy atom. The second-order valence-corrected chi connectivity index (χ2v) is 3.58. The van der Waals surface area contributed by atoms with Gasteiger partial charge in [-0.05, 0) is 24.1 Å². The highest BCUT2D eigenvalue weighted by Gasteiger charge is 2.05. The molecule has 2 atom stereocenters. The van der Waals surface area contributed by atoms with Gasteiger partial charge in [0.05, 0.1) is 14.8 Å². The Kier molecular flexibility index (Phi) is 2.51. The molecule has 0 saturated heterocycles. The second-order valence-electron chi connectivity index (χ2n) is 3.58. The van der Waals surface area contributed by atoms with E-state index in [1.54, 1.807) is 0 Å². The molecule has 1 aromatic rings. The molecule has 0 fully saturated rings. The lowest BCUT2D eigenvalue weighted by molar-refractivity contribution is 0.104. The summed E-state index contributed by atoms with van der Waals surface area (Å²) in [5.41, 5.74) is -0.288. The van der Waals surface area contributed by atoms with Crippen LogP contribution in [0, 0.1) is 0 Å². The molecule has 0 spiro atoms. The molecule has 0 aliphatic heterocycles. The molecule has 4 nitrogen and oxygen atoms in total. The summed E-state index contributed by atoms with van der Waals surface area (Å²) in [6.07, 6.45) is -5.78. The van der Waals surface area contributed by atoms with Crippen molar-refractivity contribution in [2.75, 3.05) is 26.7 Å². The molecule has 19 heavy (non-hydrogen) atoms. The quantitative estimate of drug-likeness (QED) is 0.721. The van der Waals surface area contributed by atoms with Gasteiger partial charge in [-0.2, -0.15) is 0 Å². The zero-order valence-corrected chi connectivity index (χ0v) is 10.4. The maximum atomic E-state index is 10.2. The van der Waals surface area contributed by atoms with Crippen molar-refractivity contribution >= 4 is 0 Å². The smallest absolute Gasteiger partial charge is 0.119 e. The third kappa shape index (κ3) is 7.15. The van der Waals surface area contributed by atoms with E-state index in [2.05, 4.69) is 4.74 Å². The van der Waals surface area contributed by atoms with E-state index < -0.39 is 52.0 Å². The maximum Gasteiger partial charge on any atom is 0.119 e. The van der Waals surface area contributed by atoms with Crippen molar-refractivity contribution in [3.8, 4) is 5.75 Å². The molecular formula is C15H25NO3. The normalized spacial score (nSPS) is 29.5. The van der Waals surface area contributed by atoms with E-state index in [1.165, 1.54) is 6.92 Å². The van der Waals surface area contributed by atoms with Gasteiger partial charge in [0.1, 0.15) is 18.4 Å². The van der Waals surface area contributed by atoms with E-state index in [9.17, 15) is 5.11 Å². The third-order valence-corrected chi connectivity index (χ3v) is 1.91. The Morgan fingerprint density at radius 2 is 2.26 bits per heavy atom. The van der Waals surface area contributed by atoms with Crippen molar-refractivity contribution in [1.29, 1.82) is 0 Å². The highest BCUT2D eigenvalue weighted by atomic mass is 16.5. The monoisotopic (exact) mass is 280 g/mol. The van der Waals surface area contributed by atoms with Gasteiger partial charge in [0.2, 0.25) is 0 Å². The van der Waals surface area contributed by atoms with Crippen LogP contribution >= 0.6 is 0 Å². The maximum absolute atomic E-state index is 10.2. The Hall–Kier alpha value is -1.10. The van der Waals surface area contributed by atoms with Gasteiger partial charge in [0, 0.05) is 29.2 Å². The van der Waals surface area contributed by atoms with Crippen LogP contribution in [0.2, 0.25) is 0 Å². The Labute approximate surface area is 134 Å². The number of methoxy groups -OCH3 is 1. The predicted molar refractivity (Wildman–Crippen MR) is 76.7 cm³/mol. The average molecular weight is 280 g/mol. The zero-order valence-electron chi connectivity index (χ0n) is 23.4. The molecule has 4 heteroatoms. The summed E-state index contributed by atoms with van der Waals surface area (Å²) in [5, 5.41) is 12.2. The molecule has 2 N–H and O–H groups in total. The Morgan fingerprint density at radius 1 is 1.47 bits per heavy atom. The van der Waals surface area contributed by atoms with Crippen molar-refractivity contribution in [3.63, 3.8) is 0 Å². The number of aliphatic hydroxyl groups is 1. The first-order chi connectivity index (χ1) is 14.0. The van der Waals surface area contributed by atoms with Gasteiger partial charge < -0.3 is 19.9 Å². The molecule has 2 unspecified atom stereocenters. The minimum absolute atomic E-state index is 0.0489. The minimum Gasteiger partial charge on any atom is -0.491 e. The van der Waals surface area contributed by atoms with Crippen LogP contribution in [0.25, 0.3) is 0 Å². The molecular weight excluding hydrogens is 242 g/mol. The van der Waals surface area contributed by atoms with Crippen LogP contribution in [0.5, 0.6) is 5.75 Å². The Bertz CT molecular complexity index is 759. The van der Waals surface area contributed by atoms with E-state index in [-0.39, 0.29) is 11.3 Å². The molecule has 0 aromatic heterocycles. The highest BCUT2D eigenvalue weighted by molar-refractivity contribution is 5.27. The fourth-order valence-electron chi connectivity index (χ4n) is 1.10. The summed E-state index contributed by atoms with van der Waals surface area (Å²) in [5.74, 6) is -0.0489. The van der Waals surface area contributed by atoms with Crippen molar-refractivity contribution in [2.24, 2.45) is 0 Å². The van der Waals surface area contributed by atoms with Crippen molar-refractivity contribution in [1.82, 2.24) is 5.32 Å². The van der Waals surface area contributed by atoms with Gasteiger partial charge in [-0.25, -0.2) is 0 Å². The van der Waals surface area contributed by atoms with Crippen LogP contribution in [-0.4, -0.2) is 43.9 Å². The van der Waals surface area contributed by atoms with E-state index >= 15 is 0 Å². The van der Waals surface area contributed by atoms with Gasteiger partial charge >= 0.3 is 0 Å². The zero-order chi connectivity index (χ0) is 25.4. The van der Waals surface area contributed by atoms with Crippen LogP contribution in [0.3, 0.4) is 0 Å². The number of hydrogen-bond acceptors (Lipinski definition) is 4. The van der Waals surface area contributed by atoms with Crippen molar-refractivity contribution in [2.45, 2.75) is 32.3 Å². The molecule has 0 heterocycles. The average Bonchev–Trinajstić information content (AvgIpc) is 2.56. The van der Waals surface area contributed by atoms with Crippen LogP contribution in [-0.2, 0) is 11.1 Å². The molecule has 1 aromatic carbocycles. The summed E-state index contributed by atoms with van der Waals surface area (Å²) in [6, 6.07) is 3.06. The van der Waals surface area contributed by atoms with Gasteiger partial charge in [0.15, 0.2) is 0 Å². The number of rotatable bonds is 9. The van der Waals surface area contributed by atoms with E-state index in [0.29, 0.717) is 0 Å². The summed E-state index contributed by atoms with van der Waals surface area (Å²) in [7, 11) is -3.18. The van der Waals surface area contributed by atoms with Gasteiger partial charge in [0.25, 0.3) is 0 Å². The number of nitrogens with one attached hydrogen (secondary N) is 1. The summed E-state index contributed by atoms with van der Waals surface area (Å²) in [4.78, 5) is 0. The standard InChI is InChI=1S/C15H25NO3/c1-12(2)16-10-14(17)11-19-15-6-4-13(5-7-15)8-9-18-3/h4-7,12,14,16-17H,8-11H2,1-3H3/i1D3,3D3,8D2,9D2,10D2,14D. The van der Waals surface area contributed by atoms with Crippen molar-refractivity contribution < 1.29 is 32.4 Å². The van der Waals surface area contributed by atoms with E-state index in [4.69, 9.17) is 22.6 Å². The molecule has 0 saturated carbocycles. The van der Waals surface area contributed by atoms with Crippen LogP contribution in [0.1, 0.15) is 37.2 Å². The number of benzene rings is 1. The lowest BCUT2D eigenvalue weighted by atomic mass is 10.1. The van der Waals surface area contributed by atoms with Gasteiger partial charge in [-0.3, -0.25) is 0 Å². The number of ether oxygens (including phenoxy) is 2. The fraction of sp³-hybridized carbons (Fsp3) is 0.600. The molecule has 0 aliphatic carbocycles. The van der Waals surface area contributed by atoms with Gasteiger partial charge in [-0.1, -0.05) is 25.9 Å². The van der Waals surface area contributed by atoms with Crippen LogP contribution < -0.4 is 10.1 Å². The predicted octanol–water partition coefficient (Wildman–Crippen LogP) is 1.61. The highest BCUT2D eigenvalue weighted by Crippen LogP contribution is 2.12. The van der Waals surface area contributed by atoms with Crippen molar-refractivity contribution in [3.05, 3.63) is 29.8 Å². The lowest BCUT2D eigenvalue weighted by Gasteiger charge is -2.15. The third-order valence-electron chi connectivity index (χ3n) is 1.91. The first kappa shape index (κ1) is 5.35. The summed E-state index contributed by atoms with van der Waals surface area (Å²) in [6.45, 7) is -8.42. The lowest BCUT2D eigenvalue weighted by Crippen LogP contribution is -2.35. The first-order valence-electron chi connectivity index (χ1n) is 12.0. The summed E-state index contributed by atoms with van der Waals surface area (Å²) < 4.78 is 107.